The molecule has 12 heavy (non-hydrogen) atoms. The first kappa shape index (κ1) is 9.56. The second-order valence-electron chi connectivity index (χ2n) is 3.18. The summed E-state index contributed by atoms with van der Waals surface area (Å²) in [4.78, 5) is 0. The summed E-state index contributed by atoms with van der Waals surface area (Å²) in [6.07, 6.45) is 7.11. The van der Waals surface area contributed by atoms with Crippen molar-refractivity contribution in [3.05, 3.63) is 0 Å². The van der Waals surface area contributed by atoms with Crippen molar-refractivity contribution in [2.45, 2.75) is 12.8 Å². The third-order valence-corrected chi connectivity index (χ3v) is 3.90. The van der Waals surface area contributed by atoms with Crippen molar-refractivity contribution in [3.8, 4) is 12.3 Å². The normalized spacial score (nSPS) is 17.8. The van der Waals surface area contributed by atoms with Crippen LogP contribution in [0.3, 0.4) is 0 Å². The summed E-state index contributed by atoms with van der Waals surface area (Å²) in [7, 11) is -1.54. The van der Waals surface area contributed by atoms with Gasteiger partial charge >= 0.3 is 0 Å². The molecular weight excluding hydrogens is 174 g/mol. The van der Waals surface area contributed by atoms with Crippen molar-refractivity contribution in [2.24, 2.45) is 5.92 Å². The molecule has 4 heteroatoms. The largest absolute Gasteiger partial charge is 0.214 e. The van der Waals surface area contributed by atoms with Crippen LogP contribution in [0.4, 0.5) is 0 Å². The molecule has 0 amide bonds. The summed E-state index contributed by atoms with van der Waals surface area (Å²) < 4.78 is 24.0. The van der Waals surface area contributed by atoms with Crippen LogP contribution in [0.25, 0.3) is 0 Å². The van der Waals surface area contributed by atoms with Gasteiger partial charge in [0.2, 0.25) is 10.0 Å². The Kier molecular flexibility index (Phi) is 2.76. The van der Waals surface area contributed by atoms with Gasteiger partial charge in [0.05, 0.1) is 12.3 Å². The Hall–Kier alpha value is -0.530. The SMILES string of the molecule is C#CCN(C)S(=O)(=O)CC1CC1. The molecule has 0 bridgehead atoms. The van der Waals surface area contributed by atoms with Crippen LogP contribution in [0.5, 0.6) is 0 Å². The van der Waals surface area contributed by atoms with Gasteiger partial charge in [-0.3, -0.25) is 0 Å². The molecule has 1 aliphatic rings. The second kappa shape index (κ2) is 3.46. The lowest BCUT2D eigenvalue weighted by Crippen LogP contribution is -2.30. The predicted octanol–water partition coefficient (Wildman–Crippen LogP) is 0.291. The fourth-order valence-electron chi connectivity index (χ4n) is 0.937. The molecule has 0 aromatic carbocycles. The van der Waals surface area contributed by atoms with E-state index in [0.717, 1.165) is 12.8 Å². The number of hydrogen-bond donors (Lipinski definition) is 0. The first-order valence-corrected chi connectivity index (χ1v) is 5.54. The van der Waals surface area contributed by atoms with Gasteiger partial charge in [-0.25, -0.2) is 8.42 Å². The average molecular weight is 187 g/mol. The van der Waals surface area contributed by atoms with Gasteiger partial charge in [0.1, 0.15) is 0 Å². The highest BCUT2D eigenvalue weighted by Gasteiger charge is 2.29. The van der Waals surface area contributed by atoms with E-state index >= 15 is 0 Å². The van der Waals surface area contributed by atoms with E-state index in [2.05, 4.69) is 5.92 Å². The molecule has 68 valence electrons. The number of rotatable bonds is 4. The summed E-state index contributed by atoms with van der Waals surface area (Å²) in [5.74, 6) is 2.97. The van der Waals surface area contributed by atoms with Gasteiger partial charge in [-0.05, 0) is 18.8 Å². The lowest BCUT2D eigenvalue weighted by molar-refractivity contribution is 0.500. The van der Waals surface area contributed by atoms with Crippen molar-refractivity contribution in [1.82, 2.24) is 4.31 Å². The zero-order chi connectivity index (χ0) is 9.19. The summed E-state index contributed by atoms with van der Waals surface area (Å²) in [5, 5.41) is 0. The van der Waals surface area contributed by atoms with Gasteiger partial charge in [0.25, 0.3) is 0 Å². The topological polar surface area (TPSA) is 37.4 Å². The molecule has 0 spiro atoms. The van der Waals surface area contributed by atoms with E-state index in [1.54, 1.807) is 0 Å². The molecule has 0 heterocycles. The fraction of sp³-hybridized carbons (Fsp3) is 0.750. The molecule has 1 fully saturated rings. The third kappa shape index (κ3) is 2.50. The fourth-order valence-corrected chi connectivity index (χ4v) is 2.39. The lowest BCUT2D eigenvalue weighted by atomic mass is 10.5. The van der Waals surface area contributed by atoms with E-state index in [-0.39, 0.29) is 12.3 Å². The lowest BCUT2D eigenvalue weighted by Gasteiger charge is -2.13. The first-order chi connectivity index (χ1) is 5.56. The highest BCUT2D eigenvalue weighted by molar-refractivity contribution is 7.89. The molecule has 0 N–H and O–H groups in total. The Morgan fingerprint density at radius 3 is 2.58 bits per heavy atom. The minimum absolute atomic E-state index is 0.176. The maximum atomic E-state index is 11.4. The molecule has 1 rings (SSSR count). The highest BCUT2D eigenvalue weighted by Crippen LogP contribution is 2.30. The van der Waals surface area contributed by atoms with Crippen molar-refractivity contribution in [1.29, 1.82) is 0 Å². The smallest absolute Gasteiger partial charge is 0.212 e. The van der Waals surface area contributed by atoms with Crippen molar-refractivity contribution >= 4 is 10.0 Å². The van der Waals surface area contributed by atoms with Crippen LogP contribution in [-0.4, -0.2) is 32.1 Å². The number of hydrogen-bond acceptors (Lipinski definition) is 2. The summed E-state index contributed by atoms with van der Waals surface area (Å²) in [5.41, 5.74) is 0. The molecule has 1 saturated carbocycles. The van der Waals surface area contributed by atoms with Gasteiger partial charge in [-0.15, -0.1) is 6.42 Å². The maximum absolute atomic E-state index is 11.4. The zero-order valence-electron chi connectivity index (χ0n) is 7.16. The Balaban J connectivity index is 2.51. The molecule has 0 atom stereocenters. The Morgan fingerprint density at radius 2 is 2.17 bits per heavy atom. The van der Waals surface area contributed by atoms with Gasteiger partial charge < -0.3 is 0 Å². The van der Waals surface area contributed by atoms with Gasteiger partial charge in [0, 0.05) is 7.05 Å². The van der Waals surface area contributed by atoms with Crippen LogP contribution in [0.1, 0.15) is 12.8 Å². The van der Waals surface area contributed by atoms with E-state index in [1.807, 2.05) is 0 Å². The van der Waals surface area contributed by atoms with E-state index in [1.165, 1.54) is 11.4 Å². The highest BCUT2D eigenvalue weighted by atomic mass is 32.2. The van der Waals surface area contributed by atoms with E-state index in [4.69, 9.17) is 6.42 Å². The minimum atomic E-state index is -3.07. The Labute approximate surface area is 73.8 Å². The average Bonchev–Trinajstić information content (AvgIpc) is 2.71. The molecule has 0 aromatic rings. The molecule has 3 nitrogen and oxygen atoms in total. The summed E-state index contributed by atoms with van der Waals surface area (Å²) in [6, 6.07) is 0. The predicted molar refractivity (Wildman–Crippen MR) is 48.0 cm³/mol. The summed E-state index contributed by atoms with van der Waals surface area (Å²) in [6.45, 7) is 0.176. The van der Waals surface area contributed by atoms with Gasteiger partial charge in [-0.1, -0.05) is 5.92 Å². The van der Waals surface area contributed by atoms with E-state index in [9.17, 15) is 8.42 Å². The van der Waals surface area contributed by atoms with E-state index < -0.39 is 10.0 Å². The number of sulfonamides is 1. The molecule has 0 saturated heterocycles. The maximum Gasteiger partial charge on any atom is 0.214 e. The standard InChI is InChI=1S/C8H13NO2S/c1-3-6-9(2)12(10,11)7-8-4-5-8/h1,8H,4-7H2,2H3. The minimum Gasteiger partial charge on any atom is -0.212 e. The van der Waals surface area contributed by atoms with Crippen molar-refractivity contribution in [3.63, 3.8) is 0 Å². The van der Waals surface area contributed by atoms with E-state index in [0.29, 0.717) is 5.92 Å². The molecule has 0 aromatic heterocycles. The second-order valence-corrected chi connectivity index (χ2v) is 5.30. The Morgan fingerprint density at radius 1 is 1.58 bits per heavy atom. The zero-order valence-corrected chi connectivity index (χ0v) is 7.97. The van der Waals surface area contributed by atoms with Crippen LogP contribution in [0.15, 0.2) is 0 Å². The monoisotopic (exact) mass is 187 g/mol. The number of nitrogens with zero attached hydrogens (tertiary/aromatic N) is 1. The van der Waals surface area contributed by atoms with Gasteiger partial charge in [-0.2, -0.15) is 4.31 Å². The van der Waals surface area contributed by atoms with Crippen LogP contribution >= 0.6 is 0 Å². The van der Waals surface area contributed by atoms with Gasteiger partial charge in [0.15, 0.2) is 0 Å². The van der Waals surface area contributed by atoms with Crippen LogP contribution in [0.2, 0.25) is 0 Å². The van der Waals surface area contributed by atoms with Crippen LogP contribution in [-0.2, 0) is 10.0 Å². The number of terminal acetylenes is 1. The van der Waals surface area contributed by atoms with Crippen LogP contribution < -0.4 is 0 Å². The summed E-state index contributed by atoms with van der Waals surface area (Å²) >= 11 is 0. The molecule has 0 aliphatic heterocycles. The molecule has 1 aliphatic carbocycles. The van der Waals surface area contributed by atoms with Crippen LogP contribution in [0, 0.1) is 18.3 Å². The quantitative estimate of drug-likeness (QED) is 0.593. The molecular formula is C8H13NO2S. The molecule has 0 radical (unpaired) electrons. The van der Waals surface area contributed by atoms with Crippen molar-refractivity contribution < 1.29 is 8.42 Å². The van der Waals surface area contributed by atoms with Crippen molar-refractivity contribution in [2.75, 3.05) is 19.3 Å². The first-order valence-electron chi connectivity index (χ1n) is 3.93. The molecule has 0 unspecified atom stereocenters. The Bertz CT molecular complexity index is 285. The third-order valence-electron chi connectivity index (χ3n) is 1.93.